The third-order valence-electron chi connectivity index (χ3n) is 4.36. The van der Waals surface area contributed by atoms with Crippen molar-refractivity contribution in [3.05, 3.63) is 0 Å². The van der Waals surface area contributed by atoms with Gasteiger partial charge in [-0.2, -0.15) is 0 Å². The van der Waals surface area contributed by atoms with Gasteiger partial charge in [-0.05, 0) is 44.7 Å². The van der Waals surface area contributed by atoms with Gasteiger partial charge in [0.15, 0.2) is 0 Å². The molecule has 19 heavy (non-hydrogen) atoms. The number of nitrogens with zero attached hydrogens (tertiary/aromatic N) is 1. The number of nitrogens with one attached hydrogen (secondary N) is 1. The van der Waals surface area contributed by atoms with Gasteiger partial charge in [-0.3, -0.25) is 0 Å². The minimum absolute atomic E-state index is 0.481. The first-order valence-corrected chi connectivity index (χ1v) is 8.09. The molecule has 1 aliphatic rings. The highest BCUT2D eigenvalue weighted by Crippen LogP contribution is 2.39. The van der Waals surface area contributed by atoms with Crippen molar-refractivity contribution in [3.8, 4) is 0 Å². The van der Waals surface area contributed by atoms with Crippen LogP contribution in [-0.4, -0.2) is 51.3 Å². The molecule has 0 bridgehead atoms. The molecule has 0 heterocycles. The Balaban J connectivity index is 2.48. The summed E-state index contributed by atoms with van der Waals surface area (Å²) < 4.78 is 5.47. The van der Waals surface area contributed by atoms with Crippen LogP contribution in [0.3, 0.4) is 0 Å². The Hall–Kier alpha value is -0.120. The fourth-order valence-corrected chi connectivity index (χ4v) is 3.54. The Labute approximate surface area is 120 Å². The van der Waals surface area contributed by atoms with Gasteiger partial charge >= 0.3 is 0 Å². The van der Waals surface area contributed by atoms with Crippen molar-refractivity contribution in [1.29, 1.82) is 0 Å². The lowest BCUT2D eigenvalue weighted by Gasteiger charge is -2.43. The highest BCUT2D eigenvalue weighted by Gasteiger charge is 2.35. The molecule has 0 amide bonds. The average Bonchev–Trinajstić information content (AvgIpc) is 2.37. The molecular weight excluding hydrogens is 236 g/mol. The van der Waals surface area contributed by atoms with Gasteiger partial charge in [0.2, 0.25) is 0 Å². The summed E-state index contributed by atoms with van der Waals surface area (Å²) in [6.07, 6.45) is 5.56. The minimum atomic E-state index is 0.481. The maximum Gasteiger partial charge on any atom is 0.0593 e. The van der Waals surface area contributed by atoms with Crippen LogP contribution >= 0.6 is 0 Å². The summed E-state index contributed by atoms with van der Waals surface area (Å²) in [5.74, 6) is 0.882. The van der Waals surface area contributed by atoms with Crippen LogP contribution < -0.4 is 5.32 Å². The first-order valence-electron chi connectivity index (χ1n) is 8.09. The van der Waals surface area contributed by atoms with Gasteiger partial charge in [0.25, 0.3) is 0 Å². The third-order valence-corrected chi connectivity index (χ3v) is 4.36. The maximum absolute atomic E-state index is 5.47. The van der Waals surface area contributed by atoms with Gasteiger partial charge < -0.3 is 15.0 Å². The zero-order valence-electron chi connectivity index (χ0n) is 13.5. The molecule has 0 saturated heterocycles. The van der Waals surface area contributed by atoms with Crippen molar-refractivity contribution in [2.45, 2.75) is 46.5 Å². The largest absolute Gasteiger partial charge is 0.380 e. The number of rotatable bonds is 9. The molecule has 1 N–H and O–H groups in total. The molecular formula is C16H34N2O. The van der Waals surface area contributed by atoms with E-state index in [2.05, 4.69) is 38.0 Å². The first-order chi connectivity index (χ1) is 9.12. The van der Waals surface area contributed by atoms with Crippen molar-refractivity contribution in [3.63, 3.8) is 0 Å². The van der Waals surface area contributed by atoms with Crippen LogP contribution in [0.4, 0.5) is 0 Å². The van der Waals surface area contributed by atoms with Crippen LogP contribution in [0.25, 0.3) is 0 Å². The predicted molar refractivity (Wildman–Crippen MR) is 82.6 cm³/mol. The van der Waals surface area contributed by atoms with Crippen molar-refractivity contribution in [1.82, 2.24) is 10.2 Å². The van der Waals surface area contributed by atoms with Gasteiger partial charge in [0, 0.05) is 26.2 Å². The molecule has 0 spiro atoms. The molecule has 0 aromatic rings. The number of hydrogen-bond donors (Lipinski definition) is 1. The number of likely N-dealkylation sites (N-methyl/N-ethyl adjacent to an activating group) is 1. The molecule has 2 atom stereocenters. The molecule has 3 nitrogen and oxygen atoms in total. The van der Waals surface area contributed by atoms with Crippen molar-refractivity contribution in [2.75, 3.05) is 46.4 Å². The molecule has 0 aromatic carbocycles. The SMILES string of the molecule is CCNCC1(CN(C)CCOCC)CCCC(C)C1. The summed E-state index contributed by atoms with van der Waals surface area (Å²) in [7, 11) is 2.24. The normalized spacial score (nSPS) is 27.9. The van der Waals surface area contributed by atoms with E-state index in [1.165, 1.54) is 38.8 Å². The van der Waals surface area contributed by atoms with Gasteiger partial charge in [0.05, 0.1) is 6.61 Å². The fraction of sp³-hybridized carbons (Fsp3) is 1.00. The van der Waals surface area contributed by atoms with E-state index < -0.39 is 0 Å². The van der Waals surface area contributed by atoms with E-state index in [1.54, 1.807) is 0 Å². The molecule has 1 aliphatic carbocycles. The molecule has 0 aliphatic heterocycles. The summed E-state index contributed by atoms with van der Waals surface area (Å²) in [5, 5.41) is 3.59. The average molecular weight is 270 g/mol. The van der Waals surface area contributed by atoms with Gasteiger partial charge in [-0.25, -0.2) is 0 Å². The van der Waals surface area contributed by atoms with E-state index in [4.69, 9.17) is 4.74 Å². The van der Waals surface area contributed by atoms with Crippen molar-refractivity contribution < 1.29 is 4.74 Å². The Morgan fingerprint density at radius 2 is 2.16 bits per heavy atom. The Bertz CT molecular complexity index is 235. The standard InChI is InChI=1S/C16H34N2O/c1-5-17-13-16(9-7-8-15(3)12-16)14-18(4)10-11-19-6-2/h15,17H,5-14H2,1-4H3. The number of hydrogen-bond acceptors (Lipinski definition) is 3. The van der Waals surface area contributed by atoms with Crippen molar-refractivity contribution in [2.24, 2.45) is 11.3 Å². The van der Waals surface area contributed by atoms with E-state index in [0.717, 1.165) is 32.2 Å². The lowest BCUT2D eigenvalue weighted by atomic mass is 9.69. The van der Waals surface area contributed by atoms with E-state index >= 15 is 0 Å². The monoisotopic (exact) mass is 270 g/mol. The second-order valence-electron chi connectivity index (χ2n) is 6.42. The van der Waals surface area contributed by atoms with Gasteiger partial charge in [-0.15, -0.1) is 0 Å². The summed E-state index contributed by atoms with van der Waals surface area (Å²) in [5.41, 5.74) is 0.481. The van der Waals surface area contributed by atoms with E-state index in [0.29, 0.717) is 5.41 Å². The summed E-state index contributed by atoms with van der Waals surface area (Å²) >= 11 is 0. The van der Waals surface area contributed by atoms with E-state index in [-0.39, 0.29) is 0 Å². The fourth-order valence-electron chi connectivity index (χ4n) is 3.54. The zero-order valence-corrected chi connectivity index (χ0v) is 13.5. The molecule has 114 valence electrons. The Morgan fingerprint density at radius 3 is 2.79 bits per heavy atom. The molecule has 1 saturated carbocycles. The molecule has 0 radical (unpaired) electrons. The van der Waals surface area contributed by atoms with Crippen LogP contribution in [0.5, 0.6) is 0 Å². The lowest BCUT2D eigenvalue weighted by Crippen LogP contribution is -2.46. The minimum Gasteiger partial charge on any atom is -0.380 e. The lowest BCUT2D eigenvalue weighted by molar-refractivity contribution is 0.0684. The quantitative estimate of drug-likeness (QED) is 0.652. The smallest absolute Gasteiger partial charge is 0.0593 e. The third kappa shape index (κ3) is 6.24. The van der Waals surface area contributed by atoms with Crippen molar-refractivity contribution >= 4 is 0 Å². The highest BCUT2D eigenvalue weighted by molar-refractivity contribution is 4.89. The molecule has 1 rings (SSSR count). The topological polar surface area (TPSA) is 24.5 Å². The van der Waals surface area contributed by atoms with Gasteiger partial charge in [-0.1, -0.05) is 26.7 Å². The molecule has 3 heteroatoms. The van der Waals surface area contributed by atoms with Crippen LogP contribution in [0.2, 0.25) is 0 Å². The molecule has 2 unspecified atom stereocenters. The summed E-state index contributed by atoms with van der Waals surface area (Å²) in [4.78, 5) is 2.46. The Kier molecular flexibility index (Phi) is 7.96. The second kappa shape index (κ2) is 8.93. The summed E-state index contributed by atoms with van der Waals surface area (Å²) in [6.45, 7) is 12.9. The zero-order chi connectivity index (χ0) is 14.1. The van der Waals surface area contributed by atoms with E-state index in [9.17, 15) is 0 Å². The summed E-state index contributed by atoms with van der Waals surface area (Å²) in [6, 6.07) is 0. The van der Waals surface area contributed by atoms with Crippen LogP contribution in [0.15, 0.2) is 0 Å². The highest BCUT2D eigenvalue weighted by atomic mass is 16.5. The molecule has 0 aromatic heterocycles. The second-order valence-corrected chi connectivity index (χ2v) is 6.42. The van der Waals surface area contributed by atoms with Crippen LogP contribution in [0.1, 0.15) is 46.5 Å². The van der Waals surface area contributed by atoms with E-state index in [1.807, 2.05) is 0 Å². The maximum atomic E-state index is 5.47. The van der Waals surface area contributed by atoms with Gasteiger partial charge in [0.1, 0.15) is 0 Å². The Morgan fingerprint density at radius 1 is 1.37 bits per heavy atom. The molecule has 1 fully saturated rings. The van der Waals surface area contributed by atoms with Crippen LogP contribution in [0, 0.1) is 11.3 Å². The predicted octanol–water partition coefficient (Wildman–Crippen LogP) is 2.76. The van der Waals surface area contributed by atoms with Crippen LogP contribution in [-0.2, 0) is 4.74 Å². The first kappa shape index (κ1) is 16.9. The number of ether oxygens (including phenoxy) is 1.